The van der Waals surface area contributed by atoms with Crippen LogP contribution in [0.15, 0.2) is 76.6 Å². The molecule has 0 aliphatic heterocycles. The van der Waals surface area contributed by atoms with Gasteiger partial charge in [-0.05, 0) is 61.9 Å². The van der Waals surface area contributed by atoms with Gasteiger partial charge in [-0.15, -0.1) is 0 Å². The van der Waals surface area contributed by atoms with Gasteiger partial charge >= 0.3 is 0 Å². The Kier molecular flexibility index (Phi) is 7.54. The van der Waals surface area contributed by atoms with E-state index in [9.17, 15) is 8.42 Å². The Hall–Kier alpha value is -2.19. The third kappa shape index (κ3) is 5.74. The van der Waals surface area contributed by atoms with Crippen molar-refractivity contribution >= 4 is 63.1 Å². The fraction of sp³-hybridized carbons (Fsp3) is 0.136. The molecule has 0 aliphatic carbocycles. The van der Waals surface area contributed by atoms with E-state index in [4.69, 9.17) is 23.2 Å². The van der Waals surface area contributed by atoms with Gasteiger partial charge < -0.3 is 0 Å². The number of hydrogen-bond donors (Lipinski definition) is 0. The molecular formula is C22H21Cl2N3O2S2. The normalized spacial score (nSPS) is 11.6. The Morgan fingerprint density at radius 2 is 1.65 bits per heavy atom. The summed E-state index contributed by atoms with van der Waals surface area (Å²) in [4.78, 5) is 4.62. The fourth-order valence-electron chi connectivity index (χ4n) is 2.67. The van der Waals surface area contributed by atoms with E-state index in [0.717, 1.165) is 28.9 Å². The van der Waals surface area contributed by atoms with Crippen molar-refractivity contribution < 1.29 is 8.42 Å². The summed E-state index contributed by atoms with van der Waals surface area (Å²) in [5, 5.41) is 0.956. The second kappa shape index (κ2) is 9.96. The number of sulfonamides is 1. The molecule has 0 N–H and O–H groups in total. The van der Waals surface area contributed by atoms with Crippen molar-refractivity contribution in [3.8, 4) is 0 Å². The molecule has 0 aliphatic rings. The van der Waals surface area contributed by atoms with Crippen LogP contribution in [0.1, 0.15) is 11.1 Å². The highest BCUT2D eigenvalue weighted by atomic mass is 35.5. The Balaban J connectivity index is 1.94. The van der Waals surface area contributed by atoms with Crippen LogP contribution in [0.2, 0.25) is 10.0 Å². The van der Waals surface area contributed by atoms with Crippen LogP contribution in [0.5, 0.6) is 0 Å². The molecule has 0 saturated heterocycles. The summed E-state index contributed by atoms with van der Waals surface area (Å²) in [6, 6.07) is 18.9. The van der Waals surface area contributed by atoms with E-state index in [1.807, 2.05) is 26.0 Å². The standard InChI is InChI=1S/C22H21Cl2N3O2S2/c1-16-8-11-19(12-9-16)31(28,29)27(22-7-5-4-6-20(22)24)30-26(3)15-25-21-13-10-18(23)14-17(21)2/h4-15H,1-3H3. The average Bonchev–Trinajstić information content (AvgIpc) is 2.72. The van der Waals surface area contributed by atoms with E-state index in [1.54, 1.807) is 72.3 Å². The summed E-state index contributed by atoms with van der Waals surface area (Å²) >= 11 is 13.3. The molecule has 3 rings (SSSR count). The second-order valence-corrected chi connectivity index (χ2v) is 10.8. The lowest BCUT2D eigenvalue weighted by Gasteiger charge is -2.26. The smallest absolute Gasteiger partial charge is 0.275 e. The van der Waals surface area contributed by atoms with E-state index >= 15 is 0 Å². The first-order valence-corrected chi connectivity index (χ1v) is 12.2. The van der Waals surface area contributed by atoms with Crippen LogP contribution in [0.25, 0.3) is 0 Å². The Morgan fingerprint density at radius 3 is 2.29 bits per heavy atom. The number of hydrogen-bond acceptors (Lipinski definition) is 4. The third-order valence-electron chi connectivity index (χ3n) is 4.31. The first-order chi connectivity index (χ1) is 14.7. The van der Waals surface area contributed by atoms with Crippen LogP contribution >= 0.6 is 35.3 Å². The molecule has 0 spiro atoms. The highest BCUT2D eigenvalue weighted by Crippen LogP contribution is 2.36. The Bertz CT molecular complexity index is 1200. The number of para-hydroxylation sites is 1. The van der Waals surface area contributed by atoms with Crippen LogP contribution in [0, 0.1) is 13.8 Å². The first kappa shape index (κ1) is 23.5. The zero-order valence-electron chi connectivity index (χ0n) is 17.2. The quantitative estimate of drug-likeness (QED) is 0.209. The molecule has 0 radical (unpaired) electrons. The number of aryl methyl sites for hydroxylation is 2. The number of halogens is 2. The first-order valence-electron chi connectivity index (χ1n) is 9.26. The van der Waals surface area contributed by atoms with Crippen molar-refractivity contribution in [2.24, 2.45) is 4.99 Å². The molecular weight excluding hydrogens is 473 g/mol. The lowest BCUT2D eigenvalue weighted by molar-refractivity contribution is 0.598. The minimum Gasteiger partial charge on any atom is -0.291 e. The molecule has 31 heavy (non-hydrogen) atoms. The van der Waals surface area contributed by atoms with Gasteiger partial charge in [-0.3, -0.25) is 4.31 Å². The number of rotatable bonds is 7. The van der Waals surface area contributed by atoms with Gasteiger partial charge in [-0.25, -0.2) is 13.4 Å². The number of nitrogens with zero attached hydrogens (tertiary/aromatic N) is 3. The molecule has 0 saturated carbocycles. The van der Waals surface area contributed by atoms with E-state index in [1.165, 1.54) is 3.71 Å². The van der Waals surface area contributed by atoms with Crippen LogP contribution in [-0.2, 0) is 10.0 Å². The summed E-state index contributed by atoms with van der Waals surface area (Å²) in [5.74, 6) is 0. The molecule has 3 aromatic carbocycles. The molecule has 0 unspecified atom stereocenters. The number of aliphatic imine (C=N–C) groups is 1. The maximum atomic E-state index is 13.5. The van der Waals surface area contributed by atoms with Crippen LogP contribution in [0.3, 0.4) is 0 Å². The van der Waals surface area contributed by atoms with Crippen molar-refractivity contribution in [2.45, 2.75) is 18.7 Å². The third-order valence-corrected chi connectivity index (χ3v) is 7.85. The predicted octanol–water partition coefficient (Wildman–Crippen LogP) is 6.66. The van der Waals surface area contributed by atoms with Crippen molar-refractivity contribution in [3.05, 3.63) is 87.9 Å². The van der Waals surface area contributed by atoms with Crippen LogP contribution < -0.4 is 3.71 Å². The van der Waals surface area contributed by atoms with Crippen molar-refractivity contribution in [2.75, 3.05) is 10.8 Å². The van der Waals surface area contributed by atoms with Crippen molar-refractivity contribution in [3.63, 3.8) is 0 Å². The number of benzene rings is 3. The lowest BCUT2D eigenvalue weighted by Crippen LogP contribution is -2.29. The summed E-state index contributed by atoms with van der Waals surface area (Å²) in [5.41, 5.74) is 2.98. The van der Waals surface area contributed by atoms with E-state index in [-0.39, 0.29) is 4.90 Å². The zero-order chi connectivity index (χ0) is 22.6. The maximum absolute atomic E-state index is 13.5. The van der Waals surface area contributed by atoms with Gasteiger partial charge in [0, 0.05) is 12.1 Å². The zero-order valence-corrected chi connectivity index (χ0v) is 20.3. The topological polar surface area (TPSA) is 53.0 Å². The minimum atomic E-state index is -3.89. The summed E-state index contributed by atoms with van der Waals surface area (Å²) in [7, 11) is -2.18. The predicted molar refractivity (Wildman–Crippen MR) is 132 cm³/mol. The van der Waals surface area contributed by atoms with Gasteiger partial charge in [0.15, 0.2) is 0 Å². The lowest BCUT2D eigenvalue weighted by atomic mass is 10.2. The fourth-order valence-corrected chi connectivity index (χ4v) is 5.80. The molecule has 9 heteroatoms. The minimum absolute atomic E-state index is 0.171. The monoisotopic (exact) mass is 493 g/mol. The maximum Gasteiger partial charge on any atom is 0.275 e. The van der Waals surface area contributed by atoms with Gasteiger partial charge in [-0.1, -0.05) is 53.0 Å². The molecule has 0 amide bonds. The van der Waals surface area contributed by atoms with Gasteiger partial charge in [-0.2, -0.15) is 3.71 Å². The van der Waals surface area contributed by atoms with E-state index < -0.39 is 10.0 Å². The Morgan fingerprint density at radius 1 is 0.968 bits per heavy atom. The summed E-state index contributed by atoms with van der Waals surface area (Å²) < 4.78 is 29.7. The summed E-state index contributed by atoms with van der Waals surface area (Å²) in [6.45, 7) is 3.81. The van der Waals surface area contributed by atoms with Gasteiger partial charge in [0.1, 0.15) is 6.34 Å². The van der Waals surface area contributed by atoms with Gasteiger partial charge in [0.2, 0.25) is 0 Å². The molecule has 0 bridgehead atoms. The molecule has 3 aromatic rings. The molecule has 0 fully saturated rings. The summed E-state index contributed by atoms with van der Waals surface area (Å²) in [6.07, 6.45) is 1.55. The molecule has 162 valence electrons. The molecule has 0 aromatic heterocycles. The number of anilines is 1. The van der Waals surface area contributed by atoms with Crippen LogP contribution in [-0.4, -0.2) is 26.1 Å². The Labute approximate surface area is 197 Å². The van der Waals surface area contributed by atoms with E-state index in [0.29, 0.717) is 15.7 Å². The second-order valence-electron chi connectivity index (χ2n) is 6.80. The van der Waals surface area contributed by atoms with Gasteiger partial charge in [0.05, 0.1) is 33.4 Å². The van der Waals surface area contributed by atoms with E-state index in [2.05, 4.69) is 4.99 Å². The van der Waals surface area contributed by atoms with Crippen molar-refractivity contribution in [1.29, 1.82) is 0 Å². The highest BCUT2D eigenvalue weighted by molar-refractivity contribution is 8.13. The average molecular weight is 494 g/mol. The van der Waals surface area contributed by atoms with Crippen molar-refractivity contribution in [1.82, 2.24) is 4.31 Å². The molecule has 0 atom stereocenters. The largest absolute Gasteiger partial charge is 0.291 e. The molecule has 0 heterocycles. The SMILES string of the molecule is Cc1ccc(S(=O)(=O)N(SN(C)C=Nc2ccc(Cl)cc2C)c2ccccc2Cl)cc1. The van der Waals surface area contributed by atoms with Crippen LogP contribution in [0.4, 0.5) is 11.4 Å². The highest BCUT2D eigenvalue weighted by Gasteiger charge is 2.28. The van der Waals surface area contributed by atoms with Gasteiger partial charge in [0.25, 0.3) is 10.0 Å². The molecule has 5 nitrogen and oxygen atoms in total.